The highest BCUT2D eigenvalue weighted by molar-refractivity contribution is 5.47. The molecule has 0 bridgehead atoms. The van der Waals surface area contributed by atoms with Crippen LogP contribution in [0.15, 0.2) is 24.3 Å². The molecule has 4 heteroatoms. The van der Waals surface area contributed by atoms with E-state index in [4.69, 9.17) is 9.47 Å². The number of nitrogens with one attached hydrogen (secondary N) is 1. The second-order valence-electron chi connectivity index (χ2n) is 5.98. The van der Waals surface area contributed by atoms with Gasteiger partial charge in [-0.2, -0.15) is 0 Å². The average Bonchev–Trinajstić information content (AvgIpc) is 2.94. The molecule has 0 spiro atoms. The molecule has 0 aromatic heterocycles. The number of morpholine rings is 1. The molecular weight excluding hydrogens is 252 g/mol. The lowest BCUT2D eigenvalue weighted by Gasteiger charge is -2.29. The van der Waals surface area contributed by atoms with Gasteiger partial charge in [0.25, 0.3) is 0 Å². The van der Waals surface area contributed by atoms with Crippen molar-refractivity contribution in [3.63, 3.8) is 0 Å². The molecule has 1 atom stereocenters. The topological polar surface area (TPSA) is 33.7 Å². The molecule has 1 unspecified atom stereocenters. The summed E-state index contributed by atoms with van der Waals surface area (Å²) in [6.07, 6.45) is 1.10. The standard InChI is InChI=1S/C16H24N2O2/c1-16(6-9-20-13-16)17-12-14-2-4-15(5-3-14)18-7-10-19-11-8-18/h2-5,17H,6-13H2,1H3. The van der Waals surface area contributed by atoms with E-state index in [0.29, 0.717) is 0 Å². The molecule has 2 saturated heterocycles. The average molecular weight is 276 g/mol. The van der Waals surface area contributed by atoms with Crippen LogP contribution >= 0.6 is 0 Å². The molecule has 110 valence electrons. The second-order valence-corrected chi connectivity index (χ2v) is 5.98. The summed E-state index contributed by atoms with van der Waals surface area (Å²) in [4.78, 5) is 2.38. The Bertz CT molecular complexity index is 421. The number of anilines is 1. The van der Waals surface area contributed by atoms with E-state index in [9.17, 15) is 0 Å². The zero-order valence-corrected chi connectivity index (χ0v) is 12.2. The van der Waals surface area contributed by atoms with E-state index in [0.717, 1.165) is 52.5 Å². The van der Waals surface area contributed by atoms with Crippen LogP contribution in [0.4, 0.5) is 5.69 Å². The first kappa shape index (κ1) is 13.9. The van der Waals surface area contributed by atoms with Gasteiger partial charge in [0, 0.05) is 37.5 Å². The fourth-order valence-electron chi connectivity index (χ4n) is 2.77. The summed E-state index contributed by atoms with van der Waals surface area (Å²) in [6, 6.07) is 8.87. The van der Waals surface area contributed by atoms with Crippen LogP contribution in [0.1, 0.15) is 18.9 Å². The van der Waals surface area contributed by atoms with Crippen molar-refractivity contribution in [2.24, 2.45) is 0 Å². The summed E-state index contributed by atoms with van der Waals surface area (Å²) in [5.41, 5.74) is 2.77. The summed E-state index contributed by atoms with van der Waals surface area (Å²) in [6.45, 7) is 8.49. The van der Waals surface area contributed by atoms with Crippen molar-refractivity contribution in [2.45, 2.75) is 25.4 Å². The Morgan fingerprint density at radius 3 is 2.50 bits per heavy atom. The van der Waals surface area contributed by atoms with Gasteiger partial charge >= 0.3 is 0 Å². The summed E-state index contributed by atoms with van der Waals surface area (Å²) >= 11 is 0. The van der Waals surface area contributed by atoms with Gasteiger partial charge in [-0.15, -0.1) is 0 Å². The van der Waals surface area contributed by atoms with Crippen molar-refractivity contribution in [1.82, 2.24) is 5.32 Å². The van der Waals surface area contributed by atoms with Gasteiger partial charge in [0.05, 0.1) is 19.8 Å². The number of rotatable bonds is 4. The predicted molar refractivity (Wildman–Crippen MR) is 80.2 cm³/mol. The van der Waals surface area contributed by atoms with Gasteiger partial charge in [0.2, 0.25) is 0 Å². The highest BCUT2D eigenvalue weighted by Crippen LogP contribution is 2.20. The molecule has 2 aliphatic heterocycles. The third-order valence-electron chi connectivity index (χ3n) is 4.25. The first-order valence-corrected chi connectivity index (χ1v) is 7.50. The van der Waals surface area contributed by atoms with Crippen LogP contribution in [0.25, 0.3) is 0 Å². The molecule has 2 aliphatic rings. The lowest BCUT2D eigenvalue weighted by molar-refractivity contribution is 0.122. The number of benzene rings is 1. The quantitative estimate of drug-likeness (QED) is 0.909. The van der Waals surface area contributed by atoms with E-state index in [1.165, 1.54) is 11.3 Å². The van der Waals surface area contributed by atoms with E-state index in [2.05, 4.69) is 41.4 Å². The highest BCUT2D eigenvalue weighted by atomic mass is 16.5. The fraction of sp³-hybridized carbons (Fsp3) is 0.625. The summed E-state index contributed by atoms with van der Waals surface area (Å²) in [5, 5.41) is 3.61. The maximum atomic E-state index is 5.47. The van der Waals surface area contributed by atoms with Crippen molar-refractivity contribution in [3.8, 4) is 0 Å². The largest absolute Gasteiger partial charge is 0.379 e. The van der Waals surface area contributed by atoms with Gasteiger partial charge in [-0.1, -0.05) is 12.1 Å². The Labute approximate surface area is 121 Å². The Hall–Kier alpha value is -1.10. The SMILES string of the molecule is CC1(NCc2ccc(N3CCOCC3)cc2)CCOC1. The van der Waals surface area contributed by atoms with Gasteiger partial charge in [-0.05, 0) is 31.0 Å². The van der Waals surface area contributed by atoms with Crippen molar-refractivity contribution < 1.29 is 9.47 Å². The monoisotopic (exact) mass is 276 g/mol. The highest BCUT2D eigenvalue weighted by Gasteiger charge is 2.28. The maximum absolute atomic E-state index is 5.47. The first-order chi connectivity index (χ1) is 9.75. The molecule has 0 aliphatic carbocycles. The Morgan fingerprint density at radius 2 is 1.85 bits per heavy atom. The van der Waals surface area contributed by atoms with Crippen molar-refractivity contribution in [3.05, 3.63) is 29.8 Å². The number of ether oxygens (including phenoxy) is 2. The Kier molecular flexibility index (Phi) is 4.24. The van der Waals surface area contributed by atoms with E-state index in [1.807, 2.05) is 0 Å². The Morgan fingerprint density at radius 1 is 1.10 bits per heavy atom. The van der Waals surface area contributed by atoms with Crippen LogP contribution in [-0.2, 0) is 16.0 Å². The van der Waals surface area contributed by atoms with Crippen molar-refractivity contribution >= 4 is 5.69 Å². The van der Waals surface area contributed by atoms with Gasteiger partial charge < -0.3 is 19.7 Å². The molecule has 4 nitrogen and oxygen atoms in total. The minimum absolute atomic E-state index is 0.142. The number of nitrogens with zero attached hydrogens (tertiary/aromatic N) is 1. The van der Waals surface area contributed by atoms with E-state index in [-0.39, 0.29) is 5.54 Å². The zero-order chi connectivity index (χ0) is 13.8. The van der Waals surface area contributed by atoms with Crippen LogP contribution < -0.4 is 10.2 Å². The molecule has 0 radical (unpaired) electrons. The van der Waals surface area contributed by atoms with Crippen LogP contribution in [0.2, 0.25) is 0 Å². The third kappa shape index (κ3) is 3.32. The molecule has 1 aromatic rings. The second kappa shape index (κ2) is 6.12. The number of hydrogen-bond donors (Lipinski definition) is 1. The van der Waals surface area contributed by atoms with E-state index in [1.54, 1.807) is 0 Å². The lowest BCUT2D eigenvalue weighted by atomic mass is 10.0. The fourth-order valence-corrected chi connectivity index (χ4v) is 2.77. The summed E-state index contributed by atoms with van der Waals surface area (Å²) in [5.74, 6) is 0. The molecular formula is C16H24N2O2. The molecule has 3 rings (SSSR count). The normalized spacial score (nSPS) is 26.9. The molecule has 2 heterocycles. The summed E-state index contributed by atoms with van der Waals surface area (Å²) in [7, 11) is 0. The Balaban J connectivity index is 1.55. The van der Waals surface area contributed by atoms with E-state index >= 15 is 0 Å². The van der Waals surface area contributed by atoms with Gasteiger partial charge in [-0.3, -0.25) is 0 Å². The van der Waals surface area contributed by atoms with Crippen LogP contribution in [0.3, 0.4) is 0 Å². The molecule has 0 amide bonds. The minimum Gasteiger partial charge on any atom is -0.379 e. The maximum Gasteiger partial charge on any atom is 0.0646 e. The van der Waals surface area contributed by atoms with Gasteiger partial charge in [-0.25, -0.2) is 0 Å². The molecule has 1 aromatic carbocycles. The summed E-state index contributed by atoms with van der Waals surface area (Å²) < 4.78 is 10.9. The third-order valence-corrected chi connectivity index (χ3v) is 4.25. The predicted octanol–water partition coefficient (Wildman–Crippen LogP) is 1.79. The first-order valence-electron chi connectivity index (χ1n) is 7.50. The molecule has 2 fully saturated rings. The molecule has 1 N–H and O–H groups in total. The van der Waals surface area contributed by atoms with Gasteiger partial charge in [0.1, 0.15) is 0 Å². The van der Waals surface area contributed by atoms with Crippen LogP contribution in [-0.4, -0.2) is 45.1 Å². The van der Waals surface area contributed by atoms with Crippen molar-refractivity contribution in [1.29, 1.82) is 0 Å². The van der Waals surface area contributed by atoms with Crippen LogP contribution in [0.5, 0.6) is 0 Å². The zero-order valence-electron chi connectivity index (χ0n) is 12.2. The smallest absolute Gasteiger partial charge is 0.0646 e. The lowest BCUT2D eigenvalue weighted by Crippen LogP contribution is -2.42. The molecule has 0 saturated carbocycles. The number of hydrogen-bond acceptors (Lipinski definition) is 4. The van der Waals surface area contributed by atoms with Crippen molar-refractivity contribution in [2.75, 3.05) is 44.4 Å². The van der Waals surface area contributed by atoms with E-state index < -0.39 is 0 Å². The van der Waals surface area contributed by atoms with Gasteiger partial charge in [0.15, 0.2) is 0 Å². The molecule has 20 heavy (non-hydrogen) atoms. The van der Waals surface area contributed by atoms with Crippen LogP contribution in [0, 0.1) is 0 Å². The minimum atomic E-state index is 0.142.